The first kappa shape index (κ1) is 25.4. The van der Waals surface area contributed by atoms with Crippen LogP contribution in [0.3, 0.4) is 0 Å². The topological polar surface area (TPSA) is 101 Å². The Morgan fingerprint density at radius 3 is 2.53 bits per heavy atom. The highest BCUT2D eigenvalue weighted by atomic mass is 32.1. The smallest absolute Gasteiger partial charge is 0.410 e. The molecular weight excluding hydrogens is 518 g/mol. The quantitative estimate of drug-likeness (QED) is 0.467. The lowest BCUT2D eigenvalue weighted by atomic mass is 9.87. The molecule has 0 spiro atoms. The van der Waals surface area contributed by atoms with Crippen molar-refractivity contribution in [2.75, 3.05) is 23.7 Å². The number of hydrogen-bond donors (Lipinski definition) is 2. The molecule has 2 fully saturated rings. The molecule has 2 aromatic heterocycles. The average molecular weight is 554 g/mol. The normalized spacial score (nSPS) is 23.0. The first-order valence-electron chi connectivity index (χ1n) is 13.4. The largest absolute Gasteiger partial charge is 0.444 e. The Bertz CT molecular complexity index is 1390. The van der Waals surface area contributed by atoms with Gasteiger partial charge >= 0.3 is 6.09 Å². The summed E-state index contributed by atoms with van der Waals surface area (Å²) in [5.41, 5.74) is 10.2. The molecule has 10 heteroatoms. The minimum Gasteiger partial charge on any atom is -0.444 e. The number of nitrogens with zero attached hydrogens (tertiary/aromatic N) is 3. The van der Waals surface area contributed by atoms with E-state index in [0.29, 0.717) is 10.6 Å². The predicted molar refractivity (Wildman–Crippen MR) is 153 cm³/mol. The van der Waals surface area contributed by atoms with Crippen LogP contribution in [0.5, 0.6) is 0 Å². The third kappa shape index (κ3) is 4.73. The zero-order valence-corrected chi connectivity index (χ0v) is 24.0. The van der Waals surface area contributed by atoms with Gasteiger partial charge in [-0.15, -0.1) is 22.7 Å². The molecule has 202 valence electrons. The molecule has 2 bridgehead atoms. The fraction of sp³-hybridized carbons (Fsp3) is 0.536. The maximum atomic E-state index is 13.0. The Hall–Kier alpha value is -2.85. The number of anilines is 2. The van der Waals surface area contributed by atoms with Crippen molar-refractivity contribution < 1.29 is 14.3 Å². The van der Waals surface area contributed by atoms with Gasteiger partial charge in [0.1, 0.15) is 15.3 Å². The zero-order valence-electron chi connectivity index (χ0n) is 22.4. The van der Waals surface area contributed by atoms with Gasteiger partial charge in [0, 0.05) is 24.8 Å². The van der Waals surface area contributed by atoms with Crippen LogP contribution in [0.2, 0.25) is 0 Å². The summed E-state index contributed by atoms with van der Waals surface area (Å²) in [6.45, 7) is 9.39. The number of aromatic nitrogens is 1. The Balaban J connectivity index is 1.10. The van der Waals surface area contributed by atoms with Crippen molar-refractivity contribution in [3.8, 4) is 0 Å². The lowest BCUT2D eigenvalue weighted by Crippen LogP contribution is -2.56. The van der Waals surface area contributed by atoms with Gasteiger partial charge in [0.25, 0.3) is 5.91 Å². The number of carbonyl (C=O) groups is 2. The second-order valence-electron chi connectivity index (χ2n) is 11.8. The maximum absolute atomic E-state index is 13.0. The molecule has 2 aliphatic heterocycles. The van der Waals surface area contributed by atoms with Crippen LogP contribution in [-0.2, 0) is 17.6 Å². The number of nitrogens with one attached hydrogen (secondary N) is 1. The highest BCUT2D eigenvalue weighted by molar-refractivity contribution is 7.29. The van der Waals surface area contributed by atoms with E-state index in [4.69, 9.17) is 10.5 Å². The highest BCUT2D eigenvalue weighted by Crippen LogP contribution is 2.38. The van der Waals surface area contributed by atoms with Gasteiger partial charge in [0.05, 0.1) is 27.5 Å². The molecule has 0 radical (unpaired) electrons. The molecule has 3 N–H and O–H groups in total. The van der Waals surface area contributed by atoms with Crippen LogP contribution in [0, 0.1) is 6.92 Å². The first-order valence-corrected chi connectivity index (χ1v) is 15.0. The van der Waals surface area contributed by atoms with E-state index in [2.05, 4.69) is 33.4 Å². The van der Waals surface area contributed by atoms with Crippen molar-refractivity contribution >= 4 is 55.6 Å². The maximum Gasteiger partial charge on any atom is 0.410 e. The van der Waals surface area contributed by atoms with Crippen molar-refractivity contribution in [3.63, 3.8) is 0 Å². The number of piperazine rings is 1. The van der Waals surface area contributed by atoms with Gasteiger partial charge in [-0.2, -0.15) is 0 Å². The number of rotatable bonds is 3. The third-order valence-corrected chi connectivity index (χ3v) is 10.0. The summed E-state index contributed by atoms with van der Waals surface area (Å²) in [5, 5.41) is 4.18. The van der Waals surface area contributed by atoms with Gasteiger partial charge in [-0.25, -0.2) is 9.78 Å². The lowest BCUT2D eigenvalue weighted by Gasteiger charge is -2.42. The van der Waals surface area contributed by atoms with Gasteiger partial charge in [-0.05, 0) is 83.1 Å². The number of thiazole rings is 1. The van der Waals surface area contributed by atoms with Crippen molar-refractivity contribution in [1.82, 2.24) is 15.2 Å². The second kappa shape index (κ2) is 9.41. The number of fused-ring (bicyclic) bond motifs is 4. The van der Waals surface area contributed by atoms with Crippen molar-refractivity contribution in [2.45, 2.75) is 83.5 Å². The van der Waals surface area contributed by atoms with Crippen molar-refractivity contribution in [3.05, 3.63) is 39.2 Å². The summed E-state index contributed by atoms with van der Waals surface area (Å²) < 4.78 is 6.61. The van der Waals surface area contributed by atoms with E-state index >= 15 is 0 Å². The molecule has 0 saturated carbocycles. The number of carbonyl (C=O) groups excluding carboxylic acids is 2. The number of nitrogen functional groups attached to an aromatic ring is 1. The van der Waals surface area contributed by atoms with E-state index < -0.39 is 5.60 Å². The van der Waals surface area contributed by atoms with E-state index in [1.807, 2.05) is 32.6 Å². The molecule has 3 atom stereocenters. The molecule has 3 aromatic rings. The van der Waals surface area contributed by atoms with E-state index in [0.717, 1.165) is 59.7 Å². The van der Waals surface area contributed by atoms with Crippen LogP contribution in [0.1, 0.15) is 65.8 Å². The Kier molecular flexibility index (Phi) is 6.30. The van der Waals surface area contributed by atoms with Gasteiger partial charge in [0.15, 0.2) is 0 Å². The zero-order chi connectivity index (χ0) is 26.8. The molecule has 38 heavy (non-hydrogen) atoms. The molecule has 1 aromatic carbocycles. The summed E-state index contributed by atoms with van der Waals surface area (Å²) in [6.07, 6.45) is 4.50. The van der Waals surface area contributed by atoms with Gasteiger partial charge in [0.2, 0.25) is 0 Å². The van der Waals surface area contributed by atoms with E-state index in [1.165, 1.54) is 39.5 Å². The van der Waals surface area contributed by atoms with Gasteiger partial charge in [-0.1, -0.05) is 6.07 Å². The summed E-state index contributed by atoms with van der Waals surface area (Å²) in [4.78, 5) is 36.2. The van der Waals surface area contributed by atoms with Gasteiger partial charge in [-0.3, -0.25) is 9.69 Å². The molecule has 2 unspecified atom stereocenters. The SMILES string of the molecule is Cc1nc2sc(C(=O)N[C@@H]3CCc4cc(N5CC6CCC(C5)N6C(=O)OC(C)(C)C)ccc4C3)c(N)c2s1. The Labute approximate surface area is 231 Å². The average Bonchev–Trinajstić information content (AvgIpc) is 3.46. The minimum absolute atomic E-state index is 0.0864. The summed E-state index contributed by atoms with van der Waals surface area (Å²) >= 11 is 2.92. The highest BCUT2D eigenvalue weighted by Gasteiger charge is 2.44. The second-order valence-corrected chi connectivity index (χ2v) is 14.0. The van der Waals surface area contributed by atoms with Crippen LogP contribution in [0.4, 0.5) is 16.2 Å². The summed E-state index contributed by atoms with van der Waals surface area (Å²) in [6, 6.07) is 7.20. The fourth-order valence-electron chi connectivity index (χ4n) is 6.11. The molecule has 1 aliphatic carbocycles. The minimum atomic E-state index is -0.480. The molecule has 2 amide bonds. The van der Waals surface area contributed by atoms with Crippen molar-refractivity contribution in [2.24, 2.45) is 0 Å². The van der Waals surface area contributed by atoms with Crippen LogP contribution >= 0.6 is 22.7 Å². The molecule has 4 heterocycles. The van der Waals surface area contributed by atoms with E-state index in [1.54, 1.807) is 0 Å². The van der Waals surface area contributed by atoms with E-state index in [9.17, 15) is 9.59 Å². The lowest BCUT2D eigenvalue weighted by molar-refractivity contribution is 0.0123. The van der Waals surface area contributed by atoms with E-state index in [-0.39, 0.29) is 30.1 Å². The Morgan fingerprint density at radius 1 is 1.11 bits per heavy atom. The number of hydrogen-bond acceptors (Lipinski definition) is 8. The molecule has 6 rings (SSSR count). The summed E-state index contributed by atoms with van der Waals surface area (Å²) in [7, 11) is 0. The number of thiophene rings is 1. The van der Waals surface area contributed by atoms with Crippen LogP contribution in [0.25, 0.3) is 9.53 Å². The van der Waals surface area contributed by atoms with Crippen LogP contribution in [0.15, 0.2) is 18.2 Å². The molecule has 8 nitrogen and oxygen atoms in total. The van der Waals surface area contributed by atoms with Crippen LogP contribution < -0.4 is 16.0 Å². The number of nitrogens with two attached hydrogens (primary N) is 1. The Morgan fingerprint density at radius 2 is 1.84 bits per heavy atom. The first-order chi connectivity index (χ1) is 18.1. The van der Waals surface area contributed by atoms with Gasteiger partial charge < -0.3 is 20.7 Å². The third-order valence-electron chi connectivity index (χ3n) is 7.80. The molecule has 2 saturated heterocycles. The number of aryl methyl sites for hydroxylation is 2. The molecular formula is C28H35N5O3S2. The fourth-order valence-corrected chi connectivity index (χ4v) is 8.20. The number of ether oxygens (including phenoxy) is 1. The monoisotopic (exact) mass is 553 g/mol. The number of benzene rings is 1. The van der Waals surface area contributed by atoms with Crippen LogP contribution in [-0.4, -0.2) is 58.7 Å². The molecule has 3 aliphatic rings. The number of amides is 2. The standard InChI is InChI=1S/C28H35N5O3S2/c1-15-30-26-24(37-15)22(29)23(38-26)25(34)31-18-7-5-17-12-19(8-6-16(17)11-18)32-13-20-9-10-21(14-32)33(20)27(35)36-28(2,3)4/h6,8,12,18,20-21H,5,7,9-11,13-14,29H2,1-4H3,(H,31,34)/t18-,20?,21?/m1/s1. The predicted octanol–water partition coefficient (Wildman–Crippen LogP) is 5.12. The summed E-state index contributed by atoms with van der Waals surface area (Å²) in [5.74, 6) is -0.0984. The van der Waals surface area contributed by atoms with Crippen molar-refractivity contribution in [1.29, 1.82) is 0 Å².